The van der Waals surface area contributed by atoms with Crippen molar-refractivity contribution in [3.8, 4) is 12.3 Å². The van der Waals surface area contributed by atoms with E-state index >= 15 is 0 Å². The Kier molecular flexibility index (Phi) is 7.29. The van der Waals surface area contributed by atoms with Gasteiger partial charge in [-0.15, -0.1) is 6.42 Å². The minimum absolute atomic E-state index is 0.00590. The normalized spacial score (nSPS) is 11.5. The quantitative estimate of drug-likeness (QED) is 0.466. The number of hydrogen-bond acceptors (Lipinski definition) is 3. The molecule has 15 heavy (non-hydrogen) atoms. The highest BCUT2D eigenvalue weighted by molar-refractivity contribution is 5.81. The summed E-state index contributed by atoms with van der Waals surface area (Å²) in [4.78, 5) is 21.7. The zero-order chi connectivity index (χ0) is 11.7. The van der Waals surface area contributed by atoms with Gasteiger partial charge in [0.15, 0.2) is 0 Å². The van der Waals surface area contributed by atoms with Crippen LogP contribution in [0.4, 0.5) is 0 Å². The number of Topliss-reactive ketones (excluding diaryl/α,β-unsaturated/α-hetero) is 1. The largest absolute Gasteiger partial charge is 0.355 e. The van der Waals surface area contributed by atoms with Crippen LogP contribution in [0.5, 0.6) is 0 Å². The Morgan fingerprint density at radius 2 is 2.13 bits per heavy atom. The zero-order valence-corrected chi connectivity index (χ0v) is 9.08. The number of unbranched alkanes of at least 4 members (excludes halogenated alkanes) is 1. The molecule has 0 aliphatic rings. The lowest BCUT2D eigenvalue weighted by Gasteiger charge is -2.07. The van der Waals surface area contributed by atoms with E-state index in [0.717, 1.165) is 12.8 Å². The number of nitrogens with one attached hydrogen (secondary N) is 1. The maximum atomic E-state index is 10.9. The molecule has 1 atom stereocenters. The highest BCUT2D eigenvalue weighted by Gasteiger charge is 2.06. The Bertz CT molecular complexity index is 256. The van der Waals surface area contributed by atoms with E-state index in [-0.39, 0.29) is 24.2 Å². The van der Waals surface area contributed by atoms with E-state index in [2.05, 4.69) is 11.2 Å². The summed E-state index contributed by atoms with van der Waals surface area (Å²) in [7, 11) is 0. The van der Waals surface area contributed by atoms with E-state index < -0.39 is 0 Å². The van der Waals surface area contributed by atoms with Gasteiger partial charge in [0.25, 0.3) is 0 Å². The van der Waals surface area contributed by atoms with Gasteiger partial charge in [-0.05, 0) is 26.2 Å². The first-order valence-electron chi connectivity index (χ1n) is 5.04. The summed E-state index contributed by atoms with van der Waals surface area (Å²) >= 11 is 0. The molecule has 0 heterocycles. The van der Waals surface area contributed by atoms with Crippen molar-refractivity contribution in [2.45, 2.75) is 38.6 Å². The highest BCUT2D eigenvalue weighted by atomic mass is 16.1. The van der Waals surface area contributed by atoms with Crippen LogP contribution in [0.2, 0.25) is 0 Å². The van der Waals surface area contributed by atoms with Crippen molar-refractivity contribution in [1.82, 2.24) is 5.32 Å². The fourth-order valence-corrected chi connectivity index (χ4v) is 1.08. The molecule has 4 nitrogen and oxygen atoms in total. The summed E-state index contributed by atoms with van der Waals surface area (Å²) in [6, 6.07) is -0.369. The van der Waals surface area contributed by atoms with Crippen molar-refractivity contribution < 1.29 is 9.59 Å². The summed E-state index contributed by atoms with van der Waals surface area (Å²) in [5.41, 5.74) is 5.54. The molecule has 0 radical (unpaired) electrons. The van der Waals surface area contributed by atoms with Crippen molar-refractivity contribution in [3.63, 3.8) is 0 Å². The molecule has 0 fully saturated rings. The Morgan fingerprint density at radius 3 is 2.67 bits per heavy atom. The maximum Gasteiger partial charge on any atom is 0.232 e. The summed E-state index contributed by atoms with van der Waals surface area (Å²) in [6.45, 7) is 2.07. The van der Waals surface area contributed by atoms with Gasteiger partial charge in [-0.1, -0.05) is 5.92 Å². The molecule has 0 spiro atoms. The van der Waals surface area contributed by atoms with Crippen LogP contribution in [0.3, 0.4) is 0 Å². The number of amides is 1. The van der Waals surface area contributed by atoms with Gasteiger partial charge in [-0.3, -0.25) is 9.59 Å². The number of terminal acetylenes is 1. The summed E-state index contributed by atoms with van der Waals surface area (Å²) in [5, 5.41) is 2.68. The van der Waals surface area contributed by atoms with Crippen LogP contribution >= 0.6 is 0 Å². The van der Waals surface area contributed by atoms with Gasteiger partial charge in [0, 0.05) is 6.54 Å². The molecule has 0 aliphatic carbocycles. The van der Waals surface area contributed by atoms with Crippen molar-refractivity contribution in [1.29, 1.82) is 0 Å². The number of nitrogens with two attached hydrogens (primary N) is 1. The highest BCUT2D eigenvalue weighted by Crippen LogP contribution is 1.98. The number of rotatable bonds is 7. The molecule has 0 saturated heterocycles. The van der Waals surface area contributed by atoms with E-state index in [0.29, 0.717) is 13.0 Å². The predicted octanol–water partition coefficient (Wildman–Crippen LogP) is 0.213. The lowest BCUT2D eigenvalue weighted by atomic mass is 10.1. The fourth-order valence-electron chi connectivity index (χ4n) is 1.08. The fraction of sp³-hybridized carbons (Fsp3) is 0.636. The molecule has 1 unspecified atom stereocenters. The van der Waals surface area contributed by atoms with E-state index in [9.17, 15) is 9.59 Å². The SMILES string of the molecule is C#CCC(=O)NCCCCC(N)C(C)=O. The molecule has 0 aromatic carbocycles. The first-order valence-corrected chi connectivity index (χ1v) is 5.04. The second-order valence-electron chi connectivity index (χ2n) is 3.44. The van der Waals surface area contributed by atoms with Crippen LogP contribution in [0, 0.1) is 12.3 Å². The van der Waals surface area contributed by atoms with Gasteiger partial charge < -0.3 is 11.1 Å². The number of hydrogen-bond donors (Lipinski definition) is 2. The van der Waals surface area contributed by atoms with Gasteiger partial charge >= 0.3 is 0 Å². The molecular weight excluding hydrogens is 192 g/mol. The molecule has 4 heteroatoms. The van der Waals surface area contributed by atoms with Crippen molar-refractivity contribution in [2.75, 3.05) is 6.54 Å². The average Bonchev–Trinajstić information content (AvgIpc) is 2.17. The molecule has 0 aromatic heterocycles. The van der Waals surface area contributed by atoms with E-state index in [1.807, 2.05) is 0 Å². The van der Waals surface area contributed by atoms with E-state index in [4.69, 9.17) is 12.2 Å². The topological polar surface area (TPSA) is 72.2 Å². The van der Waals surface area contributed by atoms with Crippen LogP contribution in [0.1, 0.15) is 32.6 Å². The van der Waals surface area contributed by atoms with Gasteiger partial charge in [-0.25, -0.2) is 0 Å². The maximum absolute atomic E-state index is 10.9. The van der Waals surface area contributed by atoms with Crippen LogP contribution in [-0.2, 0) is 9.59 Å². The molecule has 0 saturated carbocycles. The molecule has 0 aliphatic heterocycles. The van der Waals surface area contributed by atoms with Crippen molar-refractivity contribution >= 4 is 11.7 Å². The smallest absolute Gasteiger partial charge is 0.232 e. The van der Waals surface area contributed by atoms with Crippen LogP contribution in [0.25, 0.3) is 0 Å². The molecular formula is C11H18N2O2. The van der Waals surface area contributed by atoms with Gasteiger partial charge in [0.2, 0.25) is 5.91 Å². The molecule has 1 amide bonds. The van der Waals surface area contributed by atoms with Crippen LogP contribution < -0.4 is 11.1 Å². The minimum atomic E-state index is -0.369. The van der Waals surface area contributed by atoms with Crippen molar-refractivity contribution in [2.24, 2.45) is 5.73 Å². The predicted molar refractivity (Wildman–Crippen MR) is 59.0 cm³/mol. The molecule has 0 aromatic rings. The third-order valence-electron chi connectivity index (χ3n) is 2.05. The lowest BCUT2D eigenvalue weighted by molar-refractivity contribution is -0.120. The third-order valence-corrected chi connectivity index (χ3v) is 2.05. The number of carbonyl (C=O) groups is 2. The zero-order valence-electron chi connectivity index (χ0n) is 9.08. The Labute approximate surface area is 90.6 Å². The molecule has 3 N–H and O–H groups in total. The van der Waals surface area contributed by atoms with Gasteiger partial charge in [0.05, 0.1) is 12.5 Å². The molecule has 84 valence electrons. The summed E-state index contributed by atoms with van der Waals surface area (Å²) in [5.74, 6) is 2.14. The van der Waals surface area contributed by atoms with E-state index in [1.54, 1.807) is 0 Å². The number of carbonyl (C=O) groups excluding carboxylic acids is 2. The Balaban J connectivity index is 3.37. The second kappa shape index (κ2) is 8.01. The molecule has 0 bridgehead atoms. The molecule has 0 rings (SSSR count). The van der Waals surface area contributed by atoms with E-state index in [1.165, 1.54) is 6.92 Å². The Hall–Kier alpha value is -1.34. The van der Waals surface area contributed by atoms with Crippen molar-refractivity contribution in [3.05, 3.63) is 0 Å². The summed E-state index contributed by atoms with van der Waals surface area (Å²) < 4.78 is 0. The monoisotopic (exact) mass is 210 g/mol. The van der Waals surface area contributed by atoms with Crippen LogP contribution in [-0.4, -0.2) is 24.3 Å². The first kappa shape index (κ1) is 13.7. The lowest BCUT2D eigenvalue weighted by Crippen LogP contribution is -2.28. The standard InChI is InChI=1S/C11H18N2O2/c1-3-6-11(15)13-8-5-4-7-10(12)9(2)14/h1,10H,4-8,12H2,2H3,(H,13,15). The minimum Gasteiger partial charge on any atom is -0.355 e. The van der Waals surface area contributed by atoms with Gasteiger partial charge in [0.1, 0.15) is 5.78 Å². The Morgan fingerprint density at radius 1 is 1.47 bits per heavy atom. The summed E-state index contributed by atoms with van der Waals surface area (Å²) in [6.07, 6.45) is 7.40. The van der Waals surface area contributed by atoms with Gasteiger partial charge in [-0.2, -0.15) is 0 Å². The first-order chi connectivity index (χ1) is 7.07. The average molecular weight is 210 g/mol. The number of ketones is 1. The third kappa shape index (κ3) is 7.71. The van der Waals surface area contributed by atoms with Crippen LogP contribution in [0.15, 0.2) is 0 Å². The second-order valence-corrected chi connectivity index (χ2v) is 3.44.